The molecule has 11 rings (SSSR count). The quantitative estimate of drug-likeness (QED) is 0.0304. The SMILES string of the molecule is CCNC(=O)[C@@H]1CCCN1C(=O)[C@H](Cc1ccc(O)cc1)NC(=O)[C@H](Cc1c[nH]c2ccccc12)NC(=O)[C@@H](Cc1ccc2ccccc2c1)NC(=O)[C@H](Cc1c[nH]cn1)NC(=O)[C@H](CO)NC(=O)[C@H](Cc1c[nH]c2ccccc12)NC(=O)[C@H](Cc1c[nH]cn1)NC(=O)[C@@H]1CCC(=O)N1. The molecule has 0 aliphatic carbocycles. The summed E-state index contributed by atoms with van der Waals surface area (Å²) >= 11 is 0. The number of aromatic hydroxyl groups is 1. The molecule has 9 atom stereocenters. The Balaban J connectivity index is 0.872. The number of aliphatic hydroxyl groups is 1. The number of likely N-dealkylation sites (N-methyl/N-ethyl adjacent to an activating group) is 1. The third-order valence-electron chi connectivity index (χ3n) is 17.9. The Labute approximate surface area is 567 Å². The van der Waals surface area contributed by atoms with Crippen molar-refractivity contribution in [2.24, 2.45) is 0 Å². The van der Waals surface area contributed by atoms with Crippen molar-refractivity contribution >= 4 is 91.7 Å². The fraction of sp³-hybridized carbons (Fsp3) is 0.324. The topological polar surface area (TPSA) is 412 Å². The van der Waals surface area contributed by atoms with E-state index in [9.17, 15) is 43.8 Å². The largest absolute Gasteiger partial charge is 0.508 e. The highest BCUT2D eigenvalue weighted by molar-refractivity contribution is 6.00. The minimum Gasteiger partial charge on any atom is -0.508 e. The first kappa shape index (κ1) is 68.7. The van der Waals surface area contributed by atoms with Crippen molar-refractivity contribution in [3.05, 3.63) is 186 Å². The van der Waals surface area contributed by atoms with E-state index in [4.69, 9.17) is 0 Å². The van der Waals surface area contributed by atoms with Crippen molar-refractivity contribution in [1.29, 1.82) is 0 Å². The number of H-pyrrole nitrogens is 4. The van der Waals surface area contributed by atoms with Crippen LogP contribution < -0.4 is 47.9 Å². The number of aliphatic hydroxyl groups excluding tert-OH is 1. The van der Waals surface area contributed by atoms with Crippen LogP contribution in [0.3, 0.4) is 0 Å². The predicted octanol–water partition coefficient (Wildman–Crippen LogP) is 1.50. The number of carbonyl (C=O) groups is 10. The summed E-state index contributed by atoms with van der Waals surface area (Å²) in [7, 11) is 0. The molecule has 9 aromatic rings. The third kappa shape index (κ3) is 17.3. The summed E-state index contributed by atoms with van der Waals surface area (Å²) < 4.78 is 0. The van der Waals surface area contributed by atoms with E-state index in [0.29, 0.717) is 58.2 Å². The number of benzene rings is 5. The van der Waals surface area contributed by atoms with Gasteiger partial charge >= 0.3 is 0 Å². The summed E-state index contributed by atoms with van der Waals surface area (Å²) in [5.74, 6) is -7.25. The summed E-state index contributed by atoms with van der Waals surface area (Å²) in [6, 6.07) is 21.6. The minimum absolute atomic E-state index is 0.0237. The van der Waals surface area contributed by atoms with Gasteiger partial charge in [0.2, 0.25) is 59.1 Å². The Morgan fingerprint density at radius 3 is 1.55 bits per heavy atom. The highest BCUT2D eigenvalue weighted by Crippen LogP contribution is 2.25. The highest BCUT2D eigenvalue weighted by Gasteiger charge is 2.40. The molecular weight excluding hydrogens is 1270 g/mol. The van der Waals surface area contributed by atoms with Crippen LogP contribution in [0, 0.1) is 0 Å². The first-order valence-corrected chi connectivity index (χ1v) is 32.9. The number of hydrogen-bond acceptors (Lipinski definition) is 14. The number of aromatic nitrogens is 6. The van der Waals surface area contributed by atoms with Crippen LogP contribution in [0.1, 0.15) is 66.2 Å². The number of nitrogens with one attached hydrogen (secondary N) is 13. The van der Waals surface area contributed by atoms with E-state index in [-0.39, 0.29) is 81.2 Å². The summed E-state index contributed by atoms with van der Waals surface area (Å²) in [4.78, 5) is 166. The van der Waals surface area contributed by atoms with Gasteiger partial charge in [-0.3, -0.25) is 47.9 Å². The summed E-state index contributed by atoms with van der Waals surface area (Å²) in [5.41, 5.74) is 4.47. The fourth-order valence-electron chi connectivity index (χ4n) is 12.7. The molecule has 15 N–H and O–H groups in total. The average molecular weight is 1350 g/mol. The number of aromatic amines is 4. The van der Waals surface area contributed by atoms with Crippen LogP contribution in [0.5, 0.6) is 5.75 Å². The Hall–Kier alpha value is -11.7. The molecule has 0 radical (unpaired) electrons. The molecule has 10 amide bonds. The van der Waals surface area contributed by atoms with Crippen molar-refractivity contribution in [3.8, 4) is 5.75 Å². The normalized spacial score (nSPS) is 16.5. The first-order chi connectivity index (χ1) is 48.0. The number of nitrogens with zero attached hydrogens (tertiary/aromatic N) is 3. The third-order valence-corrected chi connectivity index (χ3v) is 17.9. The van der Waals surface area contributed by atoms with E-state index in [1.807, 2.05) is 78.9 Å². The molecule has 28 nitrogen and oxygen atoms in total. The average Bonchev–Trinajstić information content (AvgIpc) is 1.79. The number of imidazole rings is 2. The molecular formula is C71H78N16O12. The molecule has 0 saturated carbocycles. The molecule has 6 heterocycles. The van der Waals surface area contributed by atoms with Gasteiger partial charge in [0.1, 0.15) is 60.1 Å². The maximum atomic E-state index is 15.5. The number of amides is 10. The summed E-state index contributed by atoms with van der Waals surface area (Å²) in [6.45, 7) is 1.32. The van der Waals surface area contributed by atoms with Crippen molar-refractivity contribution < 1.29 is 58.2 Å². The van der Waals surface area contributed by atoms with Gasteiger partial charge in [0.25, 0.3) is 0 Å². The Bertz CT molecular complexity index is 4380. The van der Waals surface area contributed by atoms with Gasteiger partial charge in [-0.1, -0.05) is 91.0 Å². The standard InChI is InChI=1S/C71H78N16O12/c1-2-74-70(98)61-16-9-25-87(61)71(99)59(27-40-18-21-48(89)22-19-40)85-65(93)55(29-44-33-75-51-14-7-5-12-49(44)51)81-64(92)54(28-41-17-20-42-10-3-4-11-43(42)26-41)80-67(95)58(32-47-36-73-39-78-47)84-69(97)60(37-88)86-66(94)56(30-45-34-76-52-15-8-6-13-50(45)52)82-68(96)57(31-46-35-72-38-77-46)83-63(91)53-23-24-62(90)79-53/h3-8,10-15,17-22,26,33-36,38-39,53-61,75-76,88-89H,2,9,16,23-25,27-32,37H2,1H3,(H,72,77)(H,73,78)(H,74,98)(H,79,90)(H,80,95)(H,81,92)(H,82,96)(H,83,91)(H,84,97)(H,85,93)(H,86,94)/t53-,54+,55-,56-,57-,58-,59-,60-,61-/m0/s1. The number of fused-ring (bicyclic) bond motifs is 3. The number of phenols is 1. The van der Waals surface area contributed by atoms with E-state index in [0.717, 1.165) is 21.7 Å². The van der Waals surface area contributed by atoms with Gasteiger partial charge in [-0.25, -0.2) is 9.97 Å². The number of rotatable bonds is 30. The van der Waals surface area contributed by atoms with Gasteiger partial charge in [0.05, 0.1) is 30.6 Å². The molecule has 2 fully saturated rings. The zero-order valence-corrected chi connectivity index (χ0v) is 54.1. The van der Waals surface area contributed by atoms with E-state index in [1.54, 1.807) is 43.6 Å². The zero-order valence-electron chi connectivity index (χ0n) is 54.1. The second-order valence-electron chi connectivity index (χ2n) is 24.8. The zero-order chi connectivity index (χ0) is 69.5. The van der Waals surface area contributed by atoms with Gasteiger partial charge in [0.15, 0.2) is 0 Å². The molecule has 2 aliphatic rings. The first-order valence-electron chi connectivity index (χ1n) is 32.9. The second kappa shape index (κ2) is 31.9. The number of carbonyl (C=O) groups excluding carboxylic acids is 10. The van der Waals surface area contributed by atoms with Crippen molar-refractivity contribution in [2.75, 3.05) is 19.7 Å². The van der Waals surface area contributed by atoms with Gasteiger partial charge in [-0.2, -0.15) is 0 Å². The van der Waals surface area contributed by atoms with Crippen LogP contribution in [-0.4, -0.2) is 178 Å². The Morgan fingerprint density at radius 1 is 0.525 bits per heavy atom. The Morgan fingerprint density at radius 2 is 1.01 bits per heavy atom. The molecule has 2 saturated heterocycles. The molecule has 5 aromatic carbocycles. The molecule has 4 aromatic heterocycles. The van der Waals surface area contributed by atoms with Crippen LogP contribution in [-0.2, 0) is 86.5 Å². The van der Waals surface area contributed by atoms with Gasteiger partial charge in [0, 0.05) is 105 Å². The molecule has 0 unspecified atom stereocenters. The van der Waals surface area contributed by atoms with Crippen LogP contribution in [0.4, 0.5) is 0 Å². The van der Waals surface area contributed by atoms with Crippen LogP contribution in [0.2, 0.25) is 0 Å². The minimum atomic E-state index is -1.78. The summed E-state index contributed by atoms with van der Waals surface area (Å²) in [5, 5.41) is 49.0. The number of phenolic OH excluding ortho intramolecular Hbond substituents is 1. The second-order valence-corrected chi connectivity index (χ2v) is 24.8. The Kier molecular flexibility index (Phi) is 22.1. The van der Waals surface area contributed by atoms with Gasteiger partial charge in [-0.15, -0.1) is 0 Å². The lowest BCUT2D eigenvalue weighted by molar-refractivity contribution is -0.141. The van der Waals surface area contributed by atoms with Crippen molar-refractivity contribution in [1.82, 2.24) is 82.7 Å². The lowest BCUT2D eigenvalue weighted by atomic mass is 9.99. The fourth-order valence-corrected chi connectivity index (χ4v) is 12.7. The number of para-hydroxylation sites is 2. The monoisotopic (exact) mass is 1350 g/mol. The van der Waals surface area contributed by atoms with Crippen LogP contribution in [0.15, 0.2) is 153 Å². The van der Waals surface area contributed by atoms with Gasteiger partial charge in [-0.05, 0) is 83.5 Å². The smallest absolute Gasteiger partial charge is 0.246 e. The van der Waals surface area contributed by atoms with Crippen LogP contribution in [0.25, 0.3) is 32.6 Å². The molecule has 514 valence electrons. The van der Waals surface area contributed by atoms with Crippen molar-refractivity contribution in [2.45, 2.75) is 126 Å². The number of likely N-dealkylation sites (tertiary alicyclic amines) is 1. The summed E-state index contributed by atoms with van der Waals surface area (Å²) in [6.07, 6.45) is 9.36. The molecule has 99 heavy (non-hydrogen) atoms. The van der Waals surface area contributed by atoms with Crippen LogP contribution >= 0.6 is 0 Å². The number of hydrogen-bond donors (Lipinski definition) is 15. The van der Waals surface area contributed by atoms with E-state index < -0.39 is 108 Å². The lowest BCUT2D eigenvalue weighted by Gasteiger charge is -2.30. The molecule has 2 aliphatic heterocycles. The van der Waals surface area contributed by atoms with Crippen molar-refractivity contribution in [3.63, 3.8) is 0 Å². The van der Waals surface area contributed by atoms with E-state index >= 15 is 14.4 Å². The molecule has 0 spiro atoms. The van der Waals surface area contributed by atoms with Gasteiger partial charge < -0.3 is 82.9 Å². The lowest BCUT2D eigenvalue weighted by Crippen LogP contribution is -2.62. The molecule has 0 bridgehead atoms. The predicted molar refractivity (Wildman–Crippen MR) is 363 cm³/mol. The maximum Gasteiger partial charge on any atom is 0.246 e. The van der Waals surface area contributed by atoms with E-state index in [1.165, 1.54) is 42.1 Å². The molecule has 28 heteroatoms. The highest BCUT2D eigenvalue weighted by atomic mass is 16.3. The maximum absolute atomic E-state index is 15.5. The van der Waals surface area contributed by atoms with E-state index in [2.05, 4.69) is 77.8 Å².